The Hall–Kier alpha value is -2.23. The molecule has 4 heteroatoms. The van der Waals surface area contributed by atoms with Gasteiger partial charge in [-0.2, -0.15) is 0 Å². The highest BCUT2D eigenvalue weighted by molar-refractivity contribution is 5.92. The van der Waals surface area contributed by atoms with Crippen molar-refractivity contribution < 1.29 is 4.79 Å². The summed E-state index contributed by atoms with van der Waals surface area (Å²) in [6, 6.07) is 7.61. The molecular weight excluding hydrogens is 226 g/mol. The van der Waals surface area contributed by atoms with Crippen molar-refractivity contribution in [2.24, 2.45) is 5.73 Å². The van der Waals surface area contributed by atoms with Crippen molar-refractivity contribution in [2.45, 2.75) is 17.8 Å². The van der Waals surface area contributed by atoms with E-state index >= 15 is 0 Å². The van der Waals surface area contributed by atoms with E-state index in [9.17, 15) is 4.79 Å². The number of hydrogen-bond donors (Lipinski definition) is 1. The van der Waals surface area contributed by atoms with Gasteiger partial charge in [0.1, 0.15) is 0 Å². The highest BCUT2D eigenvalue weighted by Crippen LogP contribution is 2.59. The van der Waals surface area contributed by atoms with Crippen LogP contribution in [0.15, 0.2) is 49.1 Å². The number of primary amides is 1. The third kappa shape index (κ3) is 1.49. The Labute approximate surface area is 105 Å². The first-order valence-corrected chi connectivity index (χ1v) is 5.85. The van der Waals surface area contributed by atoms with Gasteiger partial charge in [-0.3, -0.25) is 14.8 Å². The topological polar surface area (TPSA) is 68.9 Å². The van der Waals surface area contributed by atoms with Gasteiger partial charge < -0.3 is 5.73 Å². The lowest BCUT2D eigenvalue weighted by molar-refractivity contribution is -0.120. The van der Waals surface area contributed by atoms with Crippen LogP contribution in [-0.4, -0.2) is 15.9 Å². The molecule has 2 atom stereocenters. The Morgan fingerprint density at radius 2 is 1.94 bits per heavy atom. The lowest BCUT2D eigenvalue weighted by Crippen LogP contribution is -2.30. The molecule has 0 aliphatic heterocycles. The normalized spacial score (nSPS) is 25.7. The van der Waals surface area contributed by atoms with Gasteiger partial charge in [-0.05, 0) is 29.7 Å². The molecule has 4 nitrogen and oxygen atoms in total. The number of amides is 1. The third-order valence-corrected chi connectivity index (χ3v) is 3.66. The van der Waals surface area contributed by atoms with Crippen LogP contribution in [0.3, 0.4) is 0 Å². The van der Waals surface area contributed by atoms with Crippen molar-refractivity contribution >= 4 is 5.91 Å². The van der Waals surface area contributed by atoms with E-state index in [1.54, 1.807) is 24.8 Å². The largest absolute Gasteiger partial charge is 0.369 e. The number of aromatic nitrogens is 2. The third-order valence-electron chi connectivity index (χ3n) is 3.66. The summed E-state index contributed by atoms with van der Waals surface area (Å²) in [5.74, 6) is -0.169. The van der Waals surface area contributed by atoms with Gasteiger partial charge >= 0.3 is 0 Å². The van der Waals surface area contributed by atoms with Crippen LogP contribution >= 0.6 is 0 Å². The van der Waals surface area contributed by atoms with Crippen LogP contribution in [0.25, 0.3) is 0 Å². The summed E-state index contributed by atoms with van der Waals surface area (Å²) in [6.45, 7) is 0. The van der Waals surface area contributed by atoms with E-state index in [0.717, 1.165) is 17.5 Å². The van der Waals surface area contributed by atoms with E-state index in [2.05, 4.69) is 9.97 Å². The van der Waals surface area contributed by atoms with Crippen molar-refractivity contribution in [3.05, 3.63) is 60.2 Å². The van der Waals surface area contributed by atoms with Crippen molar-refractivity contribution in [3.63, 3.8) is 0 Å². The summed E-state index contributed by atoms with van der Waals surface area (Å²) in [5.41, 5.74) is 6.96. The number of hydrogen-bond acceptors (Lipinski definition) is 3. The number of nitrogens with zero attached hydrogens (tertiary/aromatic N) is 2. The first kappa shape index (κ1) is 10.9. The predicted molar refractivity (Wildman–Crippen MR) is 66.7 cm³/mol. The molecule has 2 unspecified atom stereocenters. The first-order chi connectivity index (χ1) is 8.75. The predicted octanol–water partition coefficient (Wildman–Crippen LogP) is 1.39. The van der Waals surface area contributed by atoms with E-state index in [-0.39, 0.29) is 11.8 Å². The van der Waals surface area contributed by atoms with Crippen molar-refractivity contribution in [1.82, 2.24) is 9.97 Å². The molecular formula is C14H13N3O. The molecule has 1 saturated carbocycles. The molecule has 1 amide bonds. The van der Waals surface area contributed by atoms with Gasteiger partial charge in [0.25, 0.3) is 0 Å². The van der Waals surface area contributed by atoms with Crippen LogP contribution in [0.2, 0.25) is 0 Å². The molecule has 1 fully saturated rings. The molecule has 2 aromatic heterocycles. The maximum Gasteiger partial charge on any atom is 0.228 e. The molecule has 0 radical (unpaired) electrons. The minimum atomic E-state index is -0.600. The zero-order valence-electron chi connectivity index (χ0n) is 9.78. The molecule has 18 heavy (non-hydrogen) atoms. The van der Waals surface area contributed by atoms with Crippen LogP contribution < -0.4 is 5.73 Å². The number of carbonyl (C=O) groups excluding carboxylic acids is 1. The molecule has 0 spiro atoms. The monoisotopic (exact) mass is 239 g/mol. The highest BCUT2D eigenvalue weighted by atomic mass is 16.1. The van der Waals surface area contributed by atoms with Crippen molar-refractivity contribution in [3.8, 4) is 0 Å². The summed E-state index contributed by atoms with van der Waals surface area (Å²) in [5, 5.41) is 0. The van der Waals surface area contributed by atoms with Gasteiger partial charge in [0.2, 0.25) is 5.91 Å². The maximum atomic E-state index is 11.8. The molecule has 3 rings (SSSR count). The summed E-state index contributed by atoms with van der Waals surface area (Å²) in [4.78, 5) is 20.0. The zero-order valence-corrected chi connectivity index (χ0v) is 9.78. The Balaban J connectivity index is 2.01. The van der Waals surface area contributed by atoms with Crippen LogP contribution in [-0.2, 0) is 10.2 Å². The van der Waals surface area contributed by atoms with Crippen LogP contribution in [0.4, 0.5) is 0 Å². The Morgan fingerprint density at radius 3 is 2.50 bits per heavy atom. The van der Waals surface area contributed by atoms with Crippen molar-refractivity contribution in [2.75, 3.05) is 0 Å². The number of carbonyl (C=O) groups is 1. The zero-order chi connectivity index (χ0) is 12.6. The standard InChI is InChI=1S/C14H13N3O/c15-13(18)14(11-4-2-6-17-9-11)7-12(14)10-3-1-5-16-8-10/h1-6,8-9,12H,7H2,(H2,15,18). The van der Waals surface area contributed by atoms with Gasteiger partial charge in [0, 0.05) is 30.7 Å². The highest BCUT2D eigenvalue weighted by Gasteiger charge is 2.60. The van der Waals surface area contributed by atoms with E-state index in [4.69, 9.17) is 5.73 Å². The number of pyridine rings is 2. The molecule has 1 aliphatic carbocycles. The molecule has 0 aromatic carbocycles. The van der Waals surface area contributed by atoms with Crippen molar-refractivity contribution in [1.29, 1.82) is 0 Å². The average molecular weight is 239 g/mol. The summed E-state index contributed by atoms with van der Waals surface area (Å²) in [6.07, 6.45) is 7.67. The summed E-state index contributed by atoms with van der Waals surface area (Å²) in [7, 11) is 0. The van der Waals surface area contributed by atoms with E-state index in [1.807, 2.05) is 24.3 Å². The molecule has 90 valence electrons. The second-order valence-electron chi connectivity index (χ2n) is 4.62. The minimum Gasteiger partial charge on any atom is -0.369 e. The van der Waals surface area contributed by atoms with E-state index in [0.29, 0.717) is 0 Å². The van der Waals surface area contributed by atoms with Gasteiger partial charge in [-0.1, -0.05) is 12.1 Å². The van der Waals surface area contributed by atoms with Crippen LogP contribution in [0.5, 0.6) is 0 Å². The summed E-state index contributed by atoms with van der Waals surface area (Å²) >= 11 is 0. The number of rotatable bonds is 3. The fourth-order valence-corrected chi connectivity index (χ4v) is 2.61. The second-order valence-corrected chi connectivity index (χ2v) is 4.62. The fourth-order valence-electron chi connectivity index (χ4n) is 2.61. The molecule has 0 saturated heterocycles. The molecule has 0 bridgehead atoms. The maximum absolute atomic E-state index is 11.8. The Bertz CT molecular complexity index is 570. The average Bonchev–Trinajstić information content (AvgIpc) is 3.18. The van der Waals surface area contributed by atoms with Gasteiger partial charge in [-0.25, -0.2) is 0 Å². The molecule has 2 N–H and O–H groups in total. The Kier molecular flexibility index (Phi) is 2.37. The van der Waals surface area contributed by atoms with Gasteiger partial charge in [-0.15, -0.1) is 0 Å². The lowest BCUT2D eigenvalue weighted by Gasteiger charge is -2.13. The lowest BCUT2D eigenvalue weighted by atomic mass is 9.92. The van der Waals surface area contributed by atoms with Crippen LogP contribution in [0.1, 0.15) is 23.5 Å². The van der Waals surface area contributed by atoms with E-state index < -0.39 is 5.41 Å². The van der Waals surface area contributed by atoms with Gasteiger partial charge in [0.05, 0.1) is 5.41 Å². The fraction of sp³-hybridized carbons (Fsp3) is 0.214. The molecule has 2 aromatic rings. The second kappa shape index (κ2) is 3.91. The van der Waals surface area contributed by atoms with Gasteiger partial charge in [0.15, 0.2) is 0 Å². The number of nitrogens with two attached hydrogens (primary N) is 1. The Morgan fingerprint density at radius 1 is 1.22 bits per heavy atom. The van der Waals surface area contributed by atoms with E-state index in [1.165, 1.54) is 0 Å². The SMILES string of the molecule is NC(=O)C1(c2cccnc2)CC1c1cccnc1. The minimum absolute atomic E-state index is 0.118. The smallest absolute Gasteiger partial charge is 0.228 e. The van der Waals surface area contributed by atoms with Crippen LogP contribution in [0, 0.1) is 0 Å². The summed E-state index contributed by atoms with van der Waals surface area (Å²) < 4.78 is 0. The quantitative estimate of drug-likeness (QED) is 0.879. The molecule has 1 aliphatic rings. The first-order valence-electron chi connectivity index (χ1n) is 5.85. The molecule has 2 heterocycles.